The lowest BCUT2D eigenvalue weighted by molar-refractivity contribution is -0.117. The fourth-order valence-electron chi connectivity index (χ4n) is 2.63. The Morgan fingerprint density at radius 3 is 2.11 bits per heavy atom. The fourth-order valence-corrected chi connectivity index (χ4v) is 3.39. The summed E-state index contributed by atoms with van der Waals surface area (Å²) >= 11 is 8.53. The Kier molecular flexibility index (Phi) is 5.83. The third-order valence-corrected chi connectivity index (χ3v) is 4.70. The monoisotopic (exact) mass is 441 g/mol. The molecule has 0 bridgehead atoms. The van der Waals surface area contributed by atoms with E-state index >= 15 is 0 Å². The van der Waals surface area contributed by atoms with Gasteiger partial charge in [0.25, 0.3) is 5.91 Å². The zero-order valence-corrected chi connectivity index (χ0v) is 16.8. The molecule has 7 heteroatoms. The Morgan fingerprint density at radius 1 is 0.852 bits per heavy atom. The SMILES string of the molecule is CC(=O)NC(=S)Nc1ccc(NC(=O)c2cccc3c(Br)cccc23)cc1. The molecule has 27 heavy (non-hydrogen) atoms. The van der Waals surface area contributed by atoms with Crippen LogP contribution in [-0.4, -0.2) is 16.9 Å². The van der Waals surface area contributed by atoms with Gasteiger partial charge in [0.15, 0.2) is 5.11 Å². The van der Waals surface area contributed by atoms with Crippen LogP contribution in [0.25, 0.3) is 10.8 Å². The number of anilines is 2. The van der Waals surface area contributed by atoms with E-state index < -0.39 is 0 Å². The van der Waals surface area contributed by atoms with Gasteiger partial charge in [0, 0.05) is 28.3 Å². The molecule has 0 aliphatic heterocycles. The normalized spacial score (nSPS) is 10.3. The lowest BCUT2D eigenvalue weighted by Crippen LogP contribution is -2.32. The first kappa shape index (κ1) is 19.0. The zero-order valence-electron chi connectivity index (χ0n) is 14.4. The van der Waals surface area contributed by atoms with E-state index in [9.17, 15) is 9.59 Å². The Labute approximate surface area is 170 Å². The maximum atomic E-state index is 12.7. The molecule has 0 spiro atoms. The van der Waals surface area contributed by atoms with Crippen molar-refractivity contribution in [3.8, 4) is 0 Å². The largest absolute Gasteiger partial charge is 0.332 e. The van der Waals surface area contributed by atoms with E-state index in [-0.39, 0.29) is 16.9 Å². The number of amides is 2. The van der Waals surface area contributed by atoms with Gasteiger partial charge in [0.2, 0.25) is 5.91 Å². The molecule has 0 heterocycles. The van der Waals surface area contributed by atoms with Gasteiger partial charge in [-0.25, -0.2) is 0 Å². The highest BCUT2D eigenvalue weighted by atomic mass is 79.9. The van der Waals surface area contributed by atoms with E-state index in [1.807, 2.05) is 30.3 Å². The van der Waals surface area contributed by atoms with Crippen molar-refractivity contribution in [2.75, 3.05) is 10.6 Å². The van der Waals surface area contributed by atoms with E-state index in [0.29, 0.717) is 16.9 Å². The summed E-state index contributed by atoms with van der Waals surface area (Å²) < 4.78 is 0.945. The molecule has 0 aliphatic carbocycles. The van der Waals surface area contributed by atoms with Crippen molar-refractivity contribution in [2.45, 2.75) is 6.92 Å². The Hall–Kier alpha value is -2.77. The van der Waals surface area contributed by atoms with Crippen molar-refractivity contribution in [1.82, 2.24) is 5.32 Å². The molecule has 0 aromatic heterocycles. The van der Waals surface area contributed by atoms with Gasteiger partial charge in [0.05, 0.1) is 0 Å². The second-order valence-electron chi connectivity index (χ2n) is 5.81. The second-order valence-corrected chi connectivity index (χ2v) is 7.07. The first-order chi connectivity index (χ1) is 12.9. The van der Waals surface area contributed by atoms with Crippen LogP contribution in [0.2, 0.25) is 0 Å². The highest BCUT2D eigenvalue weighted by Gasteiger charge is 2.11. The van der Waals surface area contributed by atoms with Crippen LogP contribution in [0.4, 0.5) is 11.4 Å². The number of nitrogens with one attached hydrogen (secondary N) is 3. The minimum absolute atomic E-state index is 0.187. The second kappa shape index (κ2) is 8.28. The highest BCUT2D eigenvalue weighted by Crippen LogP contribution is 2.27. The van der Waals surface area contributed by atoms with Gasteiger partial charge in [0.1, 0.15) is 0 Å². The topological polar surface area (TPSA) is 70.2 Å². The van der Waals surface area contributed by atoms with Gasteiger partial charge < -0.3 is 16.0 Å². The lowest BCUT2D eigenvalue weighted by Gasteiger charge is -2.11. The first-order valence-corrected chi connectivity index (χ1v) is 9.31. The zero-order chi connectivity index (χ0) is 19.4. The van der Waals surface area contributed by atoms with E-state index in [2.05, 4.69) is 31.9 Å². The van der Waals surface area contributed by atoms with Gasteiger partial charge in [-0.2, -0.15) is 0 Å². The number of rotatable bonds is 3. The third-order valence-electron chi connectivity index (χ3n) is 3.80. The molecule has 0 unspecified atom stereocenters. The molecular formula is C20H16BrN3O2S. The van der Waals surface area contributed by atoms with Gasteiger partial charge in [-0.15, -0.1) is 0 Å². The van der Waals surface area contributed by atoms with Gasteiger partial charge in [-0.05, 0) is 59.4 Å². The predicted octanol–water partition coefficient (Wildman–Crippen LogP) is 4.69. The summed E-state index contributed by atoms with van der Waals surface area (Å²) in [4.78, 5) is 23.7. The third kappa shape index (κ3) is 4.69. The molecule has 0 radical (unpaired) electrons. The van der Waals surface area contributed by atoms with Crippen LogP contribution in [0.5, 0.6) is 0 Å². The molecule has 0 saturated heterocycles. The van der Waals surface area contributed by atoms with Crippen molar-refractivity contribution in [2.24, 2.45) is 0 Å². The number of hydrogen-bond acceptors (Lipinski definition) is 3. The Bertz CT molecular complexity index is 1040. The number of carbonyl (C=O) groups excluding carboxylic acids is 2. The minimum Gasteiger partial charge on any atom is -0.332 e. The fraction of sp³-hybridized carbons (Fsp3) is 0.0500. The average molecular weight is 442 g/mol. The smallest absolute Gasteiger partial charge is 0.256 e. The van der Waals surface area contributed by atoms with Crippen LogP contribution in [0.15, 0.2) is 65.1 Å². The molecular weight excluding hydrogens is 426 g/mol. The van der Waals surface area contributed by atoms with Crippen LogP contribution in [0, 0.1) is 0 Å². The molecule has 3 aromatic carbocycles. The molecule has 0 saturated carbocycles. The summed E-state index contributed by atoms with van der Waals surface area (Å²) in [6.07, 6.45) is 0. The minimum atomic E-state index is -0.238. The number of carbonyl (C=O) groups is 2. The van der Waals surface area contributed by atoms with Crippen LogP contribution in [0.1, 0.15) is 17.3 Å². The van der Waals surface area contributed by atoms with Crippen LogP contribution < -0.4 is 16.0 Å². The first-order valence-electron chi connectivity index (χ1n) is 8.11. The maximum Gasteiger partial charge on any atom is 0.256 e. The van der Waals surface area contributed by atoms with Crippen LogP contribution in [-0.2, 0) is 4.79 Å². The van der Waals surface area contributed by atoms with Gasteiger partial charge in [-0.1, -0.05) is 40.2 Å². The van der Waals surface area contributed by atoms with E-state index in [1.54, 1.807) is 30.3 Å². The molecule has 0 atom stereocenters. The Morgan fingerprint density at radius 2 is 1.44 bits per heavy atom. The number of hydrogen-bond donors (Lipinski definition) is 3. The maximum absolute atomic E-state index is 12.7. The number of benzene rings is 3. The summed E-state index contributed by atoms with van der Waals surface area (Å²) in [6.45, 7) is 1.39. The van der Waals surface area contributed by atoms with Crippen molar-refractivity contribution >= 4 is 67.2 Å². The molecule has 0 aliphatic rings. The molecule has 2 amide bonds. The van der Waals surface area contributed by atoms with Crippen molar-refractivity contribution in [1.29, 1.82) is 0 Å². The summed E-state index contributed by atoms with van der Waals surface area (Å²) in [6, 6.07) is 18.5. The van der Waals surface area contributed by atoms with Crippen LogP contribution >= 0.6 is 28.1 Å². The predicted molar refractivity (Wildman–Crippen MR) is 116 cm³/mol. The Balaban J connectivity index is 1.74. The molecule has 5 nitrogen and oxygen atoms in total. The van der Waals surface area contributed by atoms with Gasteiger partial charge >= 0.3 is 0 Å². The van der Waals surface area contributed by atoms with E-state index in [0.717, 1.165) is 15.2 Å². The van der Waals surface area contributed by atoms with Gasteiger partial charge in [-0.3, -0.25) is 9.59 Å². The molecule has 136 valence electrons. The van der Waals surface area contributed by atoms with Crippen molar-refractivity contribution in [3.63, 3.8) is 0 Å². The van der Waals surface area contributed by atoms with Crippen molar-refractivity contribution in [3.05, 3.63) is 70.7 Å². The molecule has 3 aromatic rings. The quantitative estimate of drug-likeness (QED) is 0.515. The van der Waals surface area contributed by atoms with Crippen molar-refractivity contribution < 1.29 is 9.59 Å². The summed E-state index contributed by atoms with van der Waals surface area (Å²) in [7, 11) is 0. The summed E-state index contributed by atoms with van der Waals surface area (Å²) in [5.41, 5.74) is 1.96. The van der Waals surface area contributed by atoms with E-state index in [1.165, 1.54) is 6.92 Å². The standard InChI is InChI=1S/C20H16BrN3O2S/c1-12(25)22-20(27)24-14-10-8-13(9-11-14)23-19(26)17-6-2-5-16-15(17)4-3-7-18(16)21/h2-11H,1H3,(H,23,26)(H2,22,24,25,27). The highest BCUT2D eigenvalue weighted by molar-refractivity contribution is 9.10. The number of fused-ring (bicyclic) bond motifs is 1. The summed E-state index contributed by atoms with van der Waals surface area (Å²) in [5.74, 6) is -0.425. The summed E-state index contributed by atoms with van der Waals surface area (Å²) in [5, 5.41) is 10.4. The molecule has 3 rings (SSSR count). The molecule has 0 fully saturated rings. The number of halogens is 1. The number of thiocarbonyl (C=S) groups is 1. The van der Waals surface area contributed by atoms with Crippen LogP contribution in [0.3, 0.4) is 0 Å². The van der Waals surface area contributed by atoms with E-state index in [4.69, 9.17) is 12.2 Å². The average Bonchev–Trinajstić information content (AvgIpc) is 2.62. The molecule has 3 N–H and O–H groups in total. The lowest BCUT2D eigenvalue weighted by atomic mass is 10.0.